The Morgan fingerprint density at radius 2 is 1.92 bits per heavy atom. The van der Waals surface area contributed by atoms with E-state index in [1.165, 1.54) is 0 Å². The third-order valence-electron chi connectivity index (χ3n) is 1.35. The van der Waals surface area contributed by atoms with Crippen molar-refractivity contribution in [2.75, 3.05) is 0 Å². The highest BCUT2D eigenvalue weighted by Crippen LogP contribution is 2.18. The zero-order chi connectivity index (χ0) is 8.97. The SMILES string of the molecule is CC(Cl)C(I)Oc1ccccc1. The first-order valence-electron chi connectivity index (χ1n) is 3.70. The number of rotatable bonds is 3. The van der Waals surface area contributed by atoms with Crippen molar-refractivity contribution in [1.82, 2.24) is 0 Å². The van der Waals surface area contributed by atoms with Gasteiger partial charge in [0, 0.05) is 0 Å². The maximum Gasteiger partial charge on any atom is 0.165 e. The summed E-state index contributed by atoms with van der Waals surface area (Å²) in [4.78, 5) is 0. The van der Waals surface area contributed by atoms with Gasteiger partial charge in [-0.05, 0) is 41.6 Å². The Bertz CT molecular complexity index is 225. The molecule has 2 unspecified atom stereocenters. The third-order valence-corrected chi connectivity index (χ3v) is 3.34. The molecule has 1 aromatic rings. The molecule has 12 heavy (non-hydrogen) atoms. The lowest BCUT2D eigenvalue weighted by molar-refractivity contribution is 0.302. The molecule has 0 fully saturated rings. The second-order valence-electron chi connectivity index (χ2n) is 2.46. The van der Waals surface area contributed by atoms with E-state index in [0.717, 1.165) is 5.75 Å². The molecule has 0 saturated heterocycles. The molecule has 0 aromatic heterocycles. The summed E-state index contributed by atoms with van der Waals surface area (Å²) in [5.74, 6) is 0.865. The predicted octanol–water partition coefficient (Wildman–Crippen LogP) is 3.45. The Morgan fingerprint density at radius 3 is 2.42 bits per heavy atom. The molecule has 3 heteroatoms. The highest BCUT2D eigenvalue weighted by molar-refractivity contribution is 14.1. The summed E-state index contributed by atoms with van der Waals surface area (Å²) in [5.41, 5.74) is 0. The van der Waals surface area contributed by atoms with Gasteiger partial charge in [-0.3, -0.25) is 0 Å². The normalized spacial score (nSPS) is 15.2. The molecular weight excluding hydrogens is 286 g/mol. The molecular formula is C9H10ClIO. The number of benzene rings is 1. The Kier molecular flexibility index (Phi) is 4.15. The Balaban J connectivity index is 2.53. The Hall–Kier alpha value is 0.0400. The van der Waals surface area contributed by atoms with Gasteiger partial charge in [0.25, 0.3) is 0 Å². The van der Waals surface area contributed by atoms with Crippen molar-refractivity contribution in [3.8, 4) is 5.75 Å². The summed E-state index contributed by atoms with van der Waals surface area (Å²) in [6.07, 6.45) is 0. The van der Waals surface area contributed by atoms with Gasteiger partial charge in [0.05, 0.1) is 5.38 Å². The molecule has 0 spiro atoms. The standard InChI is InChI=1S/C9H10ClIO/c1-7(10)9(11)12-8-5-3-2-4-6-8/h2-7,9H,1H3. The summed E-state index contributed by atoms with van der Waals surface area (Å²) in [7, 11) is 0. The smallest absolute Gasteiger partial charge is 0.165 e. The van der Waals surface area contributed by atoms with Crippen molar-refractivity contribution in [2.24, 2.45) is 0 Å². The van der Waals surface area contributed by atoms with E-state index in [4.69, 9.17) is 16.3 Å². The van der Waals surface area contributed by atoms with Gasteiger partial charge < -0.3 is 4.74 Å². The first kappa shape index (κ1) is 10.1. The highest BCUT2D eigenvalue weighted by atomic mass is 127. The predicted molar refractivity (Wildman–Crippen MR) is 60.2 cm³/mol. The van der Waals surface area contributed by atoms with Gasteiger partial charge in [0.1, 0.15) is 5.75 Å². The van der Waals surface area contributed by atoms with Crippen LogP contribution in [0.5, 0.6) is 5.75 Å². The third kappa shape index (κ3) is 3.19. The second kappa shape index (κ2) is 4.92. The lowest BCUT2D eigenvalue weighted by atomic mass is 10.3. The molecule has 1 nitrogen and oxygen atoms in total. The zero-order valence-corrected chi connectivity index (χ0v) is 9.62. The summed E-state index contributed by atoms with van der Waals surface area (Å²) in [6.45, 7) is 1.92. The van der Waals surface area contributed by atoms with E-state index in [2.05, 4.69) is 22.6 Å². The average Bonchev–Trinajstić information content (AvgIpc) is 2.06. The van der Waals surface area contributed by atoms with Crippen LogP contribution in [-0.4, -0.2) is 9.49 Å². The molecule has 0 amide bonds. The number of alkyl halides is 2. The molecule has 0 aliphatic carbocycles. The minimum atomic E-state index is 0.0193. The molecule has 1 aromatic carbocycles. The van der Waals surface area contributed by atoms with E-state index < -0.39 is 0 Å². The second-order valence-corrected chi connectivity index (χ2v) is 4.38. The van der Waals surface area contributed by atoms with Gasteiger partial charge in [-0.2, -0.15) is 0 Å². The fraction of sp³-hybridized carbons (Fsp3) is 0.333. The number of hydrogen-bond acceptors (Lipinski definition) is 1. The van der Waals surface area contributed by atoms with Crippen molar-refractivity contribution in [2.45, 2.75) is 16.4 Å². The van der Waals surface area contributed by atoms with Gasteiger partial charge in [0.2, 0.25) is 0 Å². The molecule has 0 aliphatic heterocycles. The summed E-state index contributed by atoms with van der Waals surface area (Å²) in [5, 5.41) is 0.0193. The van der Waals surface area contributed by atoms with Crippen LogP contribution in [0.3, 0.4) is 0 Å². The average molecular weight is 297 g/mol. The maximum absolute atomic E-state index is 5.85. The van der Waals surface area contributed by atoms with E-state index in [9.17, 15) is 0 Å². The molecule has 0 bridgehead atoms. The van der Waals surface area contributed by atoms with Crippen LogP contribution in [-0.2, 0) is 0 Å². The van der Waals surface area contributed by atoms with Crippen LogP contribution in [0.4, 0.5) is 0 Å². The topological polar surface area (TPSA) is 9.23 Å². The molecule has 2 atom stereocenters. The van der Waals surface area contributed by atoms with Crippen LogP contribution < -0.4 is 4.74 Å². The monoisotopic (exact) mass is 296 g/mol. The van der Waals surface area contributed by atoms with Crippen molar-refractivity contribution >= 4 is 34.2 Å². The fourth-order valence-electron chi connectivity index (χ4n) is 0.723. The summed E-state index contributed by atoms with van der Waals surface area (Å²) in [6, 6.07) is 9.68. The van der Waals surface area contributed by atoms with Crippen LogP contribution >= 0.6 is 34.2 Å². The molecule has 0 radical (unpaired) electrons. The zero-order valence-electron chi connectivity index (χ0n) is 6.71. The molecule has 0 heterocycles. The minimum absolute atomic E-state index is 0.0193. The first-order chi connectivity index (χ1) is 5.70. The van der Waals surface area contributed by atoms with E-state index in [0.29, 0.717) is 0 Å². The van der Waals surface area contributed by atoms with Crippen molar-refractivity contribution < 1.29 is 4.74 Å². The van der Waals surface area contributed by atoms with Crippen molar-refractivity contribution in [1.29, 1.82) is 0 Å². The van der Waals surface area contributed by atoms with E-state index in [-0.39, 0.29) is 9.49 Å². The van der Waals surface area contributed by atoms with Crippen molar-refractivity contribution in [3.05, 3.63) is 30.3 Å². The van der Waals surface area contributed by atoms with Gasteiger partial charge >= 0.3 is 0 Å². The van der Waals surface area contributed by atoms with E-state index >= 15 is 0 Å². The Morgan fingerprint density at radius 1 is 1.33 bits per heavy atom. The van der Waals surface area contributed by atoms with E-state index in [1.807, 2.05) is 37.3 Å². The van der Waals surface area contributed by atoms with E-state index in [1.54, 1.807) is 0 Å². The van der Waals surface area contributed by atoms with Crippen LogP contribution in [0.2, 0.25) is 0 Å². The van der Waals surface area contributed by atoms with Gasteiger partial charge in [-0.15, -0.1) is 11.6 Å². The largest absolute Gasteiger partial charge is 0.479 e. The molecule has 1 rings (SSSR count). The fourth-order valence-corrected chi connectivity index (χ4v) is 1.07. The van der Waals surface area contributed by atoms with Crippen LogP contribution in [0.15, 0.2) is 30.3 Å². The minimum Gasteiger partial charge on any atom is -0.479 e. The first-order valence-corrected chi connectivity index (χ1v) is 5.38. The summed E-state index contributed by atoms with van der Waals surface area (Å²) < 4.78 is 5.55. The maximum atomic E-state index is 5.85. The number of para-hydroxylation sites is 1. The lowest BCUT2D eigenvalue weighted by Crippen LogP contribution is -2.17. The number of hydrogen-bond donors (Lipinski definition) is 0. The van der Waals surface area contributed by atoms with Gasteiger partial charge in [-0.1, -0.05) is 18.2 Å². The summed E-state index contributed by atoms with van der Waals surface area (Å²) >= 11 is 8.03. The van der Waals surface area contributed by atoms with Crippen LogP contribution in [0.1, 0.15) is 6.92 Å². The molecule has 0 N–H and O–H groups in total. The highest BCUT2D eigenvalue weighted by Gasteiger charge is 2.11. The number of halogens is 2. The van der Waals surface area contributed by atoms with Gasteiger partial charge in [0.15, 0.2) is 4.11 Å². The lowest BCUT2D eigenvalue weighted by Gasteiger charge is -2.14. The molecule has 66 valence electrons. The number of ether oxygens (including phenoxy) is 1. The van der Waals surface area contributed by atoms with Crippen LogP contribution in [0.25, 0.3) is 0 Å². The van der Waals surface area contributed by atoms with Crippen molar-refractivity contribution in [3.63, 3.8) is 0 Å². The van der Waals surface area contributed by atoms with Crippen LogP contribution in [0, 0.1) is 0 Å². The molecule has 0 saturated carbocycles. The Labute approximate surface area is 91.2 Å². The quantitative estimate of drug-likeness (QED) is 0.613. The van der Waals surface area contributed by atoms with Gasteiger partial charge in [-0.25, -0.2) is 0 Å². The molecule has 0 aliphatic rings.